The zero-order valence-corrected chi connectivity index (χ0v) is 17.0. The fraction of sp³-hybridized carbons (Fsp3) is 0.333. The first-order valence-corrected chi connectivity index (χ1v) is 10.4. The summed E-state index contributed by atoms with van der Waals surface area (Å²) >= 11 is 0. The second kappa shape index (κ2) is 7.61. The fourth-order valence-corrected chi connectivity index (χ4v) is 5.18. The van der Waals surface area contributed by atoms with Gasteiger partial charge in [0, 0.05) is 36.2 Å². The van der Waals surface area contributed by atoms with Crippen molar-refractivity contribution in [1.82, 2.24) is 14.8 Å². The van der Waals surface area contributed by atoms with Crippen LogP contribution in [0.1, 0.15) is 23.6 Å². The fourth-order valence-electron chi connectivity index (χ4n) is 5.18. The molecule has 1 N–H and O–H groups in total. The molecule has 2 aliphatic heterocycles. The number of amides is 1. The van der Waals surface area contributed by atoms with Gasteiger partial charge in [-0.15, -0.1) is 0 Å². The lowest BCUT2D eigenvalue weighted by atomic mass is 9.93. The first kappa shape index (κ1) is 18.9. The Morgan fingerprint density at radius 3 is 2.77 bits per heavy atom. The molecule has 0 saturated carbocycles. The van der Waals surface area contributed by atoms with Crippen LogP contribution in [0.5, 0.6) is 0 Å². The number of benzene rings is 2. The van der Waals surface area contributed by atoms with Gasteiger partial charge in [0.2, 0.25) is 5.91 Å². The highest BCUT2D eigenvalue weighted by Gasteiger charge is 2.50. The van der Waals surface area contributed by atoms with Gasteiger partial charge in [0.05, 0.1) is 25.6 Å². The summed E-state index contributed by atoms with van der Waals surface area (Å²) in [6.45, 7) is 1.82. The Labute approximate surface area is 175 Å². The summed E-state index contributed by atoms with van der Waals surface area (Å²) in [7, 11) is 1.42. The highest BCUT2D eigenvalue weighted by Crippen LogP contribution is 2.43. The van der Waals surface area contributed by atoms with E-state index in [2.05, 4.69) is 28.1 Å². The number of aromatic nitrogens is 1. The molecule has 5 rings (SSSR count). The highest BCUT2D eigenvalue weighted by atomic mass is 16.5. The molecule has 0 radical (unpaired) electrons. The SMILES string of the molecule is COC(=O)[C@H]1C[C@H]2CN(Cc3cccc4[nH]ccc34)CC(=O)N2[C@H]1c1ccccc1. The van der Waals surface area contributed by atoms with Gasteiger partial charge >= 0.3 is 5.97 Å². The van der Waals surface area contributed by atoms with Gasteiger partial charge in [-0.3, -0.25) is 14.5 Å². The third-order valence-electron chi connectivity index (χ3n) is 6.44. The van der Waals surface area contributed by atoms with Gasteiger partial charge in [-0.1, -0.05) is 42.5 Å². The Morgan fingerprint density at radius 1 is 1.13 bits per heavy atom. The minimum atomic E-state index is -0.334. The maximum atomic E-state index is 13.3. The van der Waals surface area contributed by atoms with Crippen LogP contribution in [0.4, 0.5) is 0 Å². The molecule has 0 spiro atoms. The van der Waals surface area contributed by atoms with E-state index in [0.717, 1.165) is 17.6 Å². The van der Waals surface area contributed by atoms with Crippen LogP contribution in [0.25, 0.3) is 10.9 Å². The van der Waals surface area contributed by atoms with Crippen molar-refractivity contribution in [3.05, 3.63) is 71.9 Å². The molecule has 1 amide bonds. The number of methoxy groups -OCH3 is 1. The van der Waals surface area contributed by atoms with Crippen molar-refractivity contribution in [3.63, 3.8) is 0 Å². The van der Waals surface area contributed by atoms with E-state index in [-0.39, 0.29) is 29.9 Å². The molecule has 0 bridgehead atoms. The Hall–Kier alpha value is -3.12. The highest BCUT2D eigenvalue weighted by molar-refractivity contribution is 5.84. The molecule has 2 aromatic carbocycles. The van der Waals surface area contributed by atoms with Crippen LogP contribution < -0.4 is 0 Å². The molecule has 2 saturated heterocycles. The third kappa shape index (κ3) is 3.17. The van der Waals surface area contributed by atoms with Gasteiger partial charge in [-0.25, -0.2) is 0 Å². The van der Waals surface area contributed by atoms with Gasteiger partial charge in [-0.05, 0) is 29.7 Å². The van der Waals surface area contributed by atoms with Crippen LogP contribution in [-0.4, -0.2) is 52.9 Å². The van der Waals surface area contributed by atoms with E-state index in [1.807, 2.05) is 47.5 Å². The number of hydrogen-bond donors (Lipinski definition) is 1. The normalized spacial score (nSPS) is 24.2. The van der Waals surface area contributed by atoms with E-state index in [4.69, 9.17) is 4.74 Å². The molecule has 0 unspecified atom stereocenters. The maximum absolute atomic E-state index is 13.3. The average Bonchev–Trinajstić information content (AvgIpc) is 3.39. The molecular formula is C24H25N3O3. The first-order chi connectivity index (χ1) is 14.7. The van der Waals surface area contributed by atoms with Crippen molar-refractivity contribution in [2.45, 2.75) is 25.0 Å². The van der Waals surface area contributed by atoms with Crippen LogP contribution in [0, 0.1) is 5.92 Å². The van der Waals surface area contributed by atoms with Gasteiger partial charge in [0.25, 0.3) is 0 Å². The largest absolute Gasteiger partial charge is 0.469 e. The molecule has 0 aliphatic carbocycles. The quantitative estimate of drug-likeness (QED) is 0.680. The second-order valence-corrected chi connectivity index (χ2v) is 8.20. The molecule has 2 fully saturated rings. The number of hydrogen-bond acceptors (Lipinski definition) is 4. The Kier molecular flexibility index (Phi) is 4.79. The number of rotatable bonds is 4. The second-order valence-electron chi connectivity index (χ2n) is 8.20. The number of carbonyl (C=O) groups excluding carboxylic acids is 2. The van der Waals surface area contributed by atoms with Crippen molar-refractivity contribution in [2.75, 3.05) is 20.2 Å². The van der Waals surface area contributed by atoms with Gasteiger partial charge in [-0.2, -0.15) is 0 Å². The number of ether oxygens (including phenoxy) is 1. The molecule has 6 nitrogen and oxygen atoms in total. The molecular weight excluding hydrogens is 378 g/mol. The zero-order chi connectivity index (χ0) is 20.7. The summed E-state index contributed by atoms with van der Waals surface area (Å²) in [6.07, 6.45) is 2.57. The van der Waals surface area contributed by atoms with Crippen LogP contribution in [0.15, 0.2) is 60.8 Å². The molecule has 3 atom stereocenters. The number of nitrogens with zero attached hydrogens (tertiary/aromatic N) is 2. The zero-order valence-electron chi connectivity index (χ0n) is 17.0. The number of carbonyl (C=O) groups is 2. The Bertz CT molecular complexity index is 1080. The predicted octanol–water partition coefficient (Wildman–Crippen LogP) is 3.11. The Morgan fingerprint density at radius 2 is 1.97 bits per heavy atom. The number of H-pyrrole nitrogens is 1. The smallest absolute Gasteiger partial charge is 0.311 e. The van der Waals surface area contributed by atoms with Gasteiger partial charge < -0.3 is 14.6 Å². The van der Waals surface area contributed by atoms with Gasteiger partial charge in [0.15, 0.2) is 0 Å². The van der Waals surface area contributed by atoms with Crippen molar-refractivity contribution >= 4 is 22.8 Å². The summed E-state index contributed by atoms with van der Waals surface area (Å²) in [6, 6.07) is 17.9. The summed E-state index contributed by atoms with van der Waals surface area (Å²) < 4.78 is 5.10. The first-order valence-electron chi connectivity index (χ1n) is 10.4. The summed E-state index contributed by atoms with van der Waals surface area (Å²) in [4.78, 5) is 33.2. The van der Waals surface area contributed by atoms with Crippen molar-refractivity contribution in [1.29, 1.82) is 0 Å². The molecule has 154 valence electrons. The maximum Gasteiger partial charge on any atom is 0.311 e. The summed E-state index contributed by atoms with van der Waals surface area (Å²) in [5, 5.41) is 1.19. The van der Waals surface area contributed by atoms with E-state index in [0.29, 0.717) is 19.5 Å². The van der Waals surface area contributed by atoms with E-state index in [1.54, 1.807) is 0 Å². The summed E-state index contributed by atoms with van der Waals surface area (Å²) in [5.41, 5.74) is 3.31. The van der Waals surface area contributed by atoms with Crippen LogP contribution in [-0.2, 0) is 20.9 Å². The minimum absolute atomic E-state index is 0.00554. The molecule has 2 aliphatic rings. The van der Waals surface area contributed by atoms with Gasteiger partial charge in [0.1, 0.15) is 0 Å². The molecule has 6 heteroatoms. The lowest BCUT2D eigenvalue weighted by Crippen LogP contribution is -2.53. The van der Waals surface area contributed by atoms with E-state index < -0.39 is 0 Å². The third-order valence-corrected chi connectivity index (χ3v) is 6.44. The minimum Gasteiger partial charge on any atom is -0.469 e. The number of fused-ring (bicyclic) bond motifs is 2. The van der Waals surface area contributed by atoms with Crippen molar-refractivity contribution in [2.24, 2.45) is 5.92 Å². The topological polar surface area (TPSA) is 65.6 Å². The van der Waals surface area contributed by atoms with Crippen LogP contribution in [0.2, 0.25) is 0 Å². The Balaban J connectivity index is 1.42. The van der Waals surface area contributed by atoms with Crippen LogP contribution in [0.3, 0.4) is 0 Å². The summed E-state index contributed by atoms with van der Waals surface area (Å²) in [5.74, 6) is -0.498. The predicted molar refractivity (Wildman–Crippen MR) is 114 cm³/mol. The number of piperazine rings is 1. The standard InChI is InChI=1S/C24H25N3O3/c1-30-24(29)20-12-18-14-26(13-17-8-5-9-21-19(17)10-11-25-21)15-22(28)27(18)23(20)16-6-3-2-4-7-16/h2-11,18,20,23,25H,12-15H2,1H3/t18-,20-,23-/m0/s1. The van der Waals surface area contributed by atoms with Crippen LogP contribution >= 0.6 is 0 Å². The molecule has 3 aromatic rings. The molecule has 30 heavy (non-hydrogen) atoms. The lowest BCUT2D eigenvalue weighted by molar-refractivity contribution is -0.147. The monoisotopic (exact) mass is 403 g/mol. The van der Waals surface area contributed by atoms with E-state index in [9.17, 15) is 9.59 Å². The number of nitrogens with one attached hydrogen (secondary N) is 1. The lowest BCUT2D eigenvalue weighted by Gasteiger charge is -2.40. The average molecular weight is 403 g/mol. The van der Waals surface area contributed by atoms with E-state index in [1.165, 1.54) is 18.1 Å². The van der Waals surface area contributed by atoms with E-state index >= 15 is 0 Å². The number of aromatic amines is 1. The molecule has 1 aromatic heterocycles. The number of esters is 1. The van der Waals surface area contributed by atoms with Crippen molar-refractivity contribution in [3.8, 4) is 0 Å². The molecule has 3 heterocycles. The van der Waals surface area contributed by atoms with Crippen molar-refractivity contribution < 1.29 is 14.3 Å².